The lowest BCUT2D eigenvalue weighted by molar-refractivity contribution is -0.121. The summed E-state index contributed by atoms with van der Waals surface area (Å²) in [7, 11) is -3.23. The molecule has 24 heavy (non-hydrogen) atoms. The second-order valence-corrected chi connectivity index (χ2v) is 8.85. The average molecular weight is 382 g/mol. The second-order valence-electron chi connectivity index (χ2n) is 6.89. The first-order valence-corrected chi connectivity index (χ1v) is 10.6. The third-order valence-electron chi connectivity index (χ3n) is 5.01. The predicted molar refractivity (Wildman–Crippen MR) is 98.6 cm³/mol. The summed E-state index contributed by atoms with van der Waals surface area (Å²) in [6.45, 7) is 1.31. The van der Waals surface area contributed by atoms with Gasteiger partial charge in [-0.05, 0) is 31.6 Å². The number of nitrogens with zero attached hydrogens (tertiary/aromatic N) is 1. The van der Waals surface area contributed by atoms with Gasteiger partial charge >= 0.3 is 0 Å². The van der Waals surface area contributed by atoms with Crippen molar-refractivity contribution in [2.24, 2.45) is 11.7 Å². The number of amides is 1. The molecule has 6 nitrogen and oxygen atoms in total. The van der Waals surface area contributed by atoms with E-state index in [0.717, 1.165) is 44.9 Å². The highest BCUT2D eigenvalue weighted by molar-refractivity contribution is 7.89. The van der Waals surface area contributed by atoms with Crippen LogP contribution in [-0.2, 0) is 14.8 Å². The second kappa shape index (κ2) is 10.6. The highest BCUT2D eigenvalue weighted by Gasteiger charge is 2.34. The maximum atomic E-state index is 12.8. The van der Waals surface area contributed by atoms with E-state index in [0.29, 0.717) is 32.0 Å². The molecule has 0 radical (unpaired) electrons. The van der Waals surface area contributed by atoms with Gasteiger partial charge in [0.15, 0.2) is 0 Å². The predicted octanol–water partition coefficient (Wildman–Crippen LogP) is 1.64. The third kappa shape index (κ3) is 6.50. The number of halogens is 1. The summed E-state index contributed by atoms with van der Waals surface area (Å²) >= 11 is 0. The van der Waals surface area contributed by atoms with Crippen LogP contribution in [0.1, 0.15) is 57.8 Å². The van der Waals surface area contributed by atoms with Crippen LogP contribution in [0.25, 0.3) is 0 Å². The normalized spacial score (nSPS) is 23.5. The van der Waals surface area contributed by atoms with Gasteiger partial charge in [-0.25, -0.2) is 8.42 Å². The zero-order valence-electron chi connectivity index (χ0n) is 14.4. The number of rotatable bonds is 7. The Hall–Kier alpha value is -0.370. The highest BCUT2D eigenvalue weighted by Crippen LogP contribution is 2.28. The van der Waals surface area contributed by atoms with Crippen LogP contribution in [-0.4, -0.2) is 50.1 Å². The molecule has 1 unspecified atom stereocenters. The molecule has 0 aromatic rings. The van der Waals surface area contributed by atoms with Crippen LogP contribution in [0.3, 0.4) is 0 Å². The molecular weight excluding hydrogens is 350 g/mol. The number of hydrogen-bond donors (Lipinski definition) is 2. The van der Waals surface area contributed by atoms with Crippen LogP contribution in [0.5, 0.6) is 0 Å². The Morgan fingerprint density at radius 3 is 2.42 bits per heavy atom. The van der Waals surface area contributed by atoms with Crippen molar-refractivity contribution in [3.63, 3.8) is 0 Å². The minimum atomic E-state index is -3.23. The first kappa shape index (κ1) is 21.7. The molecule has 1 aliphatic heterocycles. The summed E-state index contributed by atoms with van der Waals surface area (Å²) < 4.78 is 27.3. The van der Waals surface area contributed by atoms with Gasteiger partial charge in [-0.1, -0.05) is 25.7 Å². The van der Waals surface area contributed by atoms with Crippen molar-refractivity contribution in [3.05, 3.63) is 0 Å². The molecule has 2 rings (SSSR count). The van der Waals surface area contributed by atoms with Crippen LogP contribution >= 0.6 is 12.4 Å². The number of sulfonamides is 1. The van der Waals surface area contributed by atoms with E-state index in [1.807, 2.05) is 0 Å². The summed E-state index contributed by atoms with van der Waals surface area (Å²) in [6.07, 6.45) is 8.65. The van der Waals surface area contributed by atoms with Crippen LogP contribution in [0, 0.1) is 5.92 Å². The van der Waals surface area contributed by atoms with Crippen molar-refractivity contribution in [1.82, 2.24) is 9.62 Å². The number of nitrogens with two attached hydrogens (primary N) is 1. The first-order valence-electron chi connectivity index (χ1n) is 8.99. The number of carbonyl (C=O) groups is 1. The molecule has 0 bridgehead atoms. The molecule has 1 atom stereocenters. The van der Waals surface area contributed by atoms with Gasteiger partial charge in [-0.15, -0.1) is 12.4 Å². The highest BCUT2D eigenvalue weighted by atomic mass is 35.5. The van der Waals surface area contributed by atoms with Crippen LogP contribution in [0.2, 0.25) is 0 Å². The van der Waals surface area contributed by atoms with E-state index in [1.165, 1.54) is 6.42 Å². The average Bonchev–Trinajstić information content (AvgIpc) is 2.54. The molecule has 3 N–H and O–H groups in total. The van der Waals surface area contributed by atoms with Crippen molar-refractivity contribution in [2.75, 3.05) is 25.4 Å². The van der Waals surface area contributed by atoms with E-state index in [1.54, 1.807) is 4.31 Å². The Morgan fingerprint density at radius 1 is 1.08 bits per heavy atom. The maximum Gasteiger partial charge on any atom is 0.221 e. The lowest BCUT2D eigenvalue weighted by Crippen LogP contribution is -2.50. The fourth-order valence-corrected chi connectivity index (χ4v) is 5.90. The summed E-state index contributed by atoms with van der Waals surface area (Å²) in [6, 6.07) is -0.0981. The molecule has 0 aromatic carbocycles. The zero-order valence-corrected chi connectivity index (χ0v) is 16.0. The van der Waals surface area contributed by atoms with Gasteiger partial charge in [0, 0.05) is 32.1 Å². The standard InChI is InChI=1S/C16H31N3O3S.ClH/c17-10-9-16(20)18-12-15-8-4-5-11-19(15)23(21,22)13-14-6-2-1-3-7-14;/h14-15H,1-13,17H2,(H,18,20);1H. The molecule has 1 saturated heterocycles. The van der Waals surface area contributed by atoms with E-state index >= 15 is 0 Å². The van der Waals surface area contributed by atoms with Gasteiger partial charge in [0.05, 0.1) is 5.75 Å². The molecule has 2 aliphatic rings. The number of carbonyl (C=O) groups excluding carboxylic acids is 1. The monoisotopic (exact) mass is 381 g/mol. The van der Waals surface area contributed by atoms with Gasteiger partial charge in [0.25, 0.3) is 0 Å². The van der Waals surface area contributed by atoms with E-state index in [4.69, 9.17) is 5.73 Å². The summed E-state index contributed by atoms with van der Waals surface area (Å²) in [5.41, 5.74) is 5.37. The van der Waals surface area contributed by atoms with Gasteiger partial charge in [0.2, 0.25) is 15.9 Å². The Balaban J connectivity index is 0.00000288. The van der Waals surface area contributed by atoms with Crippen molar-refractivity contribution >= 4 is 28.3 Å². The molecular formula is C16H32ClN3O3S. The van der Waals surface area contributed by atoms with E-state index in [9.17, 15) is 13.2 Å². The van der Waals surface area contributed by atoms with Gasteiger partial charge < -0.3 is 11.1 Å². The van der Waals surface area contributed by atoms with Crippen LogP contribution in [0.4, 0.5) is 0 Å². The maximum absolute atomic E-state index is 12.8. The summed E-state index contributed by atoms with van der Waals surface area (Å²) in [4.78, 5) is 11.6. The molecule has 1 amide bonds. The quantitative estimate of drug-likeness (QED) is 0.701. The molecule has 0 spiro atoms. The smallest absolute Gasteiger partial charge is 0.221 e. The zero-order chi connectivity index (χ0) is 16.7. The van der Waals surface area contributed by atoms with Crippen molar-refractivity contribution in [2.45, 2.75) is 63.8 Å². The minimum absolute atomic E-state index is 0. The topological polar surface area (TPSA) is 92.5 Å². The number of piperidine rings is 1. The Bertz CT molecular complexity index is 481. The van der Waals surface area contributed by atoms with Gasteiger partial charge in [-0.2, -0.15) is 4.31 Å². The van der Waals surface area contributed by atoms with E-state index in [2.05, 4.69) is 5.32 Å². The third-order valence-corrected chi connectivity index (χ3v) is 7.10. The SMILES string of the molecule is Cl.NCCC(=O)NCC1CCCCN1S(=O)(=O)CC1CCCCC1. The fourth-order valence-electron chi connectivity index (χ4n) is 3.74. The Labute approximate surface area is 152 Å². The van der Waals surface area contributed by atoms with Crippen molar-refractivity contribution in [1.29, 1.82) is 0 Å². The summed E-state index contributed by atoms with van der Waals surface area (Å²) in [5, 5.41) is 2.83. The molecule has 1 saturated carbocycles. The Kier molecular flexibility index (Phi) is 9.56. The largest absolute Gasteiger partial charge is 0.354 e. The number of nitrogens with one attached hydrogen (secondary N) is 1. The first-order chi connectivity index (χ1) is 11.0. The lowest BCUT2D eigenvalue weighted by Gasteiger charge is -2.36. The lowest BCUT2D eigenvalue weighted by atomic mass is 9.91. The molecule has 142 valence electrons. The van der Waals surface area contributed by atoms with Crippen LogP contribution < -0.4 is 11.1 Å². The van der Waals surface area contributed by atoms with E-state index < -0.39 is 10.0 Å². The molecule has 0 aromatic heterocycles. The van der Waals surface area contributed by atoms with Gasteiger partial charge in [-0.3, -0.25) is 4.79 Å². The summed E-state index contributed by atoms with van der Waals surface area (Å²) in [5.74, 6) is 0.492. The molecule has 8 heteroatoms. The number of hydrogen-bond acceptors (Lipinski definition) is 4. The van der Waals surface area contributed by atoms with Crippen LogP contribution in [0.15, 0.2) is 0 Å². The van der Waals surface area contributed by atoms with E-state index in [-0.39, 0.29) is 30.1 Å². The molecule has 1 heterocycles. The Morgan fingerprint density at radius 2 is 1.75 bits per heavy atom. The van der Waals surface area contributed by atoms with Crippen molar-refractivity contribution < 1.29 is 13.2 Å². The fraction of sp³-hybridized carbons (Fsp3) is 0.938. The van der Waals surface area contributed by atoms with Crippen molar-refractivity contribution in [3.8, 4) is 0 Å². The molecule has 2 fully saturated rings. The minimum Gasteiger partial charge on any atom is -0.354 e. The van der Waals surface area contributed by atoms with Gasteiger partial charge in [0.1, 0.15) is 0 Å². The molecule has 1 aliphatic carbocycles.